The maximum atomic E-state index is 11.8. The third-order valence-electron chi connectivity index (χ3n) is 4.30. The second kappa shape index (κ2) is 5.64. The maximum Gasteiger partial charge on any atom is 0.227 e. The highest BCUT2D eigenvalue weighted by atomic mass is 16.2. The fourth-order valence-corrected chi connectivity index (χ4v) is 3.18. The lowest BCUT2D eigenvalue weighted by Crippen LogP contribution is -2.23. The van der Waals surface area contributed by atoms with Gasteiger partial charge in [0.2, 0.25) is 5.91 Å². The van der Waals surface area contributed by atoms with E-state index < -0.39 is 0 Å². The third-order valence-corrected chi connectivity index (χ3v) is 4.30. The lowest BCUT2D eigenvalue weighted by Gasteiger charge is -2.18. The number of carbonyl (C=O) groups excluding carboxylic acids is 1. The van der Waals surface area contributed by atoms with E-state index in [0.717, 1.165) is 36.8 Å². The van der Waals surface area contributed by atoms with Crippen molar-refractivity contribution >= 4 is 17.3 Å². The minimum absolute atomic E-state index is 0.257. The van der Waals surface area contributed by atoms with E-state index >= 15 is 0 Å². The van der Waals surface area contributed by atoms with Crippen molar-refractivity contribution in [2.24, 2.45) is 5.92 Å². The van der Waals surface area contributed by atoms with Gasteiger partial charge < -0.3 is 10.2 Å². The highest BCUT2D eigenvalue weighted by Gasteiger charge is 2.21. The summed E-state index contributed by atoms with van der Waals surface area (Å²) in [5, 5.41) is 3.53. The molecule has 0 aromatic heterocycles. The molecule has 3 heteroatoms. The van der Waals surface area contributed by atoms with Gasteiger partial charge in [0.25, 0.3) is 0 Å². The molecule has 1 amide bonds. The summed E-state index contributed by atoms with van der Waals surface area (Å²) in [5.74, 6) is 1.09. The SMILES string of the molecule is O=C1CCCN1c1cccc(NCC2CCCC2)c1. The monoisotopic (exact) mass is 258 g/mol. The molecular formula is C16H22N2O. The van der Waals surface area contributed by atoms with Crippen LogP contribution in [-0.2, 0) is 4.79 Å². The summed E-state index contributed by atoms with van der Waals surface area (Å²) in [6.07, 6.45) is 7.16. The van der Waals surface area contributed by atoms with Crippen LogP contribution in [-0.4, -0.2) is 19.0 Å². The summed E-state index contributed by atoms with van der Waals surface area (Å²) in [5.41, 5.74) is 2.18. The first-order valence-electron chi connectivity index (χ1n) is 7.47. The predicted octanol–water partition coefficient (Wildman–Crippen LogP) is 3.42. The molecule has 1 aromatic carbocycles. The van der Waals surface area contributed by atoms with Crippen molar-refractivity contribution in [3.8, 4) is 0 Å². The lowest BCUT2D eigenvalue weighted by atomic mass is 10.1. The molecule has 0 radical (unpaired) electrons. The molecule has 1 saturated carbocycles. The molecule has 2 aliphatic rings. The quantitative estimate of drug-likeness (QED) is 0.897. The van der Waals surface area contributed by atoms with Gasteiger partial charge in [-0.1, -0.05) is 18.9 Å². The van der Waals surface area contributed by atoms with Crippen LogP contribution in [0.25, 0.3) is 0 Å². The van der Waals surface area contributed by atoms with Crippen LogP contribution in [0.3, 0.4) is 0 Å². The zero-order chi connectivity index (χ0) is 13.1. The molecule has 1 aliphatic heterocycles. The van der Waals surface area contributed by atoms with Gasteiger partial charge >= 0.3 is 0 Å². The Morgan fingerprint density at radius 3 is 2.79 bits per heavy atom. The zero-order valence-corrected chi connectivity index (χ0v) is 11.4. The van der Waals surface area contributed by atoms with Crippen molar-refractivity contribution < 1.29 is 4.79 Å². The Labute approximate surface area is 115 Å². The number of rotatable bonds is 4. The van der Waals surface area contributed by atoms with Gasteiger partial charge in [-0.2, -0.15) is 0 Å². The Hall–Kier alpha value is -1.51. The third kappa shape index (κ3) is 2.91. The van der Waals surface area contributed by atoms with Crippen molar-refractivity contribution in [2.75, 3.05) is 23.3 Å². The molecule has 0 bridgehead atoms. The van der Waals surface area contributed by atoms with Crippen molar-refractivity contribution in [1.82, 2.24) is 0 Å². The first kappa shape index (κ1) is 12.5. The molecule has 102 valence electrons. The van der Waals surface area contributed by atoms with E-state index in [9.17, 15) is 4.79 Å². The Bertz CT molecular complexity index is 452. The molecule has 0 atom stereocenters. The van der Waals surface area contributed by atoms with E-state index in [1.807, 2.05) is 17.0 Å². The van der Waals surface area contributed by atoms with Crippen LogP contribution in [0.5, 0.6) is 0 Å². The zero-order valence-electron chi connectivity index (χ0n) is 11.4. The van der Waals surface area contributed by atoms with Crippen LogP contribution < -0.4 is 10.2 Å². The topological polar surface area (TPSA) is 32.3 Å². The van der Waals surface area contributed by atoms with E-state index in [1.54, 1.807) is 0 Å². The number of nitrogens with zero attached hydrogens (tertiary/aromatic N) is 1. The number of anilines is 2. The van der Waals surface area contributed by atoms with E-state index in [2.05, 4.69) is 17.4 Å². The standard InChI is InChI=1S/C16H22N2O/c19-16-9-4-10-18(16)15-8-3-7-14(11-15)17-12-13-5-1-2-6-13/h3,7-8,11,13,17H,1-2,4-6,9-10,12H2. The number of hydrogen-bond donors (Lipinski definition) is 1. The number of benzene rings is 1. The molecule has 0 unspecified atom stereocenters. The summed E-state index contributed by atoms with van der Waals surface area (Å²) in [6.45, 7) is 1.93. The van der Waals surface area contributed by atoms with E-state index in [1.165, 1.54) is 25.7 Å². The first-order valence-corrected chi connectivity index (χ1v) is 7.47. The summed E-state index contributed by atoms with van der Waals surface area (Å²) < 4.78 is 0. The van der Waals surface area contributed by atoms with E-state index in [4.69, 9.17) is 0 Å². The molecule has 1 saturated heterocycles. The Balaban J connectivity index is 1.63. The normalized spacial score (nSPS) is 20.2. The fraction of sp³-hybridized carbons (Fsp3) is 0.562. The lowest BCUT2D eigenvalue weighted by molar-refractivity contribution is -0.117. The molecular weight excluding hydrogens is 236 g/mol. The van der Waals surface area contributed by atoms with Gasteiger partial charge in [0, 0.05) is 30.9 Å². The number of carbonyl (C=O) groups is 1. The summed E-state index contributed by atoms with van der Waals surface area (Å²) in [4.78, 5) is 13.7. The average Bonchev–Trinajstić information content (AvgIpc) is 3.08. The molecule has 2 fully saturated rings. The minimum atomic E-state index is 0.257. The van der Waals surface area contributed by atoms with Crippen molar-refractivity contribution in [2.45, 2.75) is 38.5 Å². The summed E-state index contributed by atoms with van der Waals surface area (Å²) >= 11 is 0. The van der Waals surface area contributed by atoms with Gasteiger partial charge in [-0.05, 0) is 43.4 Å². The van der Waals surface area contributed by atoms with Crippen LogP contribution in [0.4, 0.5) is 11.4 Å². The number of amides is 1. The first-order chi connectivity index (χ1) is 9.33. The van der Waals surface area contributed by atoms with E-state index in [-0.39, 0.29) is 5.91 Å². The molecule has 0 spiro atoms. The highest BCUT2D eigenvalue weighted by molar-refractivity contribution is 5.95. The predicted molar refractivity (Wildman–Crippen MR) is 78.5 cm³/mol. The Kier molecular flexibility index (Phi) is 3.72. The van der Waals surface area contributed by atoms with Crippen LogP contribution in [0.15, 0.2) is 24.3 Å². The van der Waals surface area contributed by atoms with E-state index in [0.29, 0.717) is 6.42 Å². The molecule has 3 rings (SSSR count). The van der Waals surface area contributed by atoms with Crippen molar-refractivity contribution in [3.63, 3.8) is 0 Å². The van der Waals surface area contributed by atoms with Crippen LogP contribution >= 0.6 is 0 Å². The van der Waals surface area contributed by atoms with Crippen molar-refractivity contribution in [3.05, 3.63) is 24.3 Å². The maximum absolute atomic E-state index is 11.8. The number of hydrogen-bond acceptors (Lipinski definition) is 2. The molecule has 1 N–H and O–H groups in total. The highest BCUT2D eigenvalue weighted by Crippen LogP contribution is 2.27. The van der Waals surface area contributed by atoms with Gasteiger partial charge in [0.1, 0.15) is 0 Å². The van der Waals surface area contributed by atoms with Crippen LogP contribution in [0.2, 0.25) is 0 Å². The molecule has 1 aromatic rings. The number of nitrogens with one attached hydrogen (secondary N) is 1. The van der Waals surface area contributed by atoms with Gasteiger partial charge in [-0.3, -0.25) is 4.79 Å². The smallest absolute Gasteiger partial charge is 0.227 e. The Morgan fingerprint density at radius 2 is 2.05 bits per heavy atom. The molecule has 19 heavy (non-hydrogen) atoms. The summed E-state index contributed by atoms with van der Waals surface area (Å²) in [6, 6.07) is 8.28. The van der Waals surface area contributed by atoms with Crippen LogP contribution in [0.1, 0.15) is 38.5 Å². The van der Waals surface area contributed by atoms with Crippen molar-refractivity contribution in [1.29, 1.82) is 0 Å². The summed E-state index contributed by atoms with van der Waals surface area (Å²) in [7, 11) is 0. The second-order valence-corrected chi connectivity index (χ2v) is 5.73. The molecule has 3 nitrogen and oxygen atoms in total. The molecule has 1 heterocycles. The second-order valence-electron chi connectivity index (χ2n) is 5.73. The van der Waals surface area contributed by atoms with Gasteiger partial charge in [-0.25, -0.2) is 0 Å². The van der Waals surface area contributed by atoms with Gasteiger partial charge in [0.05, 0.1) is 0 Å². The Morgan fingerprint density at radius 1 is 1.21 bits per heavy atom. The largest absolute Gasteiger partial charge is 0.385 e. The van der Waals surface area contributed by atoms with Gasteiger partial charge in [-0.15, -0.1) is 0 Å². The average molecular weight is 258 g/mol. The molecule has 1 aliphatic carbocycles. The van der Waals surface area contributed by atoms with Crippen LogP contribution in [0, 0.1) is 5.92 Å². The minimum Gasteiger partial charge on any atom is -0.385 e. The van der Waals surface area contributed by atoms with Gasteiger partial charge in [0.15, 0.2) is 0 Å². The fourth-order valence-electron chi connectivity index (χ4n) is 3.18.